The lowest BCUT2D eigenvalue weighted by molar-refractivity contribution is -0.168. The van der Waals surface area contributed by atoms with Gasteiger partial charge in [-0.15, -0.1) is 0 Å². The van der Waals surface area contributed by atoms with E-state index in [1.165, 1.54) is 25.7 Å². The number of hydrogen-bond donors (Lipinski definition) is 1. The molecule has 4 aliphatic carbocycles. The van der Waals surface area contributed by atoms with Crippen LogP contribution in [0.2, 0.25) is 0 Å². The normalized spacial score (nSPS) is 49.9. The number of hydrogen-bond acceptors (Lipinski definition) is 4. The summed E-state index contributed by atoms with van der Waals surface area (Å²) in [7, 11) is 1.77. The number of ketones is 1. The van der Waals surface area contributed by atoms with Crippen LogP contribution in [0, 0.1) is 51.2 Å². The van der Waals surface area contributed by atoms with E-state index in [-0.39, 0.29) is 40.0 Å². The second-order valence-electron chi connectivity index (χ2n) is 14.5. The molecule has 5 aliphatic rings. The third-order valence-electron chi connectivity index (χ3n) is 12.6. The number of methoxy groups -OCH3 is 1. The van der Waals surface area contributed by atoms with Gasteiger partial charge in [0.25, 0.3) is 0 Å². The van der Waals surface area contributed by atoms with Crippen LogP contribution in [-0.2, 0) is 14.3 Å². The average molecular weight is 487 g/mol. The van der Waals surface area contributed by atoms with Crippen LogP contribution in [0.15, 0.2) is 11.6 Å². The van der Waals surface area contributed by atoms with Gasteiger partial charge in [0, 0.05) is 24.9 Å². The molecule has 1 heterocycles. The summed E-state index contributed by atoms with van der Waals surface area (Å²) in [6.45, 7) is 16.2. The molecule has 4 nitrogen and oxygen atoms in total. The summed E-state index contributed by atoms with van der Waals surface area (Å²) in [4.78, 5) is 12.9. The molecule has 5 rings (SSSR count). The molecule has 0 spiro atoms. The lowest BCUT2D eigenvalue weighted by atomic mass is 9.41. The van der Waals surface area contributed by atoms with Gasteiger partial charge >= 0.3 is 0 Å². The summed E-state index contributed by atoms with van der Waals surface area (Å²) < 4.78 is 12.2. The smallest absolute Gasteiger partial charge is 0.160 e. The van der Waals surface area contributed by atoms with Gasteiger partial charge in [0.15, 0.2) is 6.29 Å². The molecule has 198 valence electrons. The number of Topliss-reactive ketones (excluding diaryl/α,β-unsaturated/α-hetero) is 1. The Morgan fingerprint density at radius 2 is 1.80 bits per heavy atom. The lowest BCUT2D eigenvalue weighted by Gasteiger charge is -2.63. The van der Waals surface area contributed by atoms with E-state index in [2.05, 4.69) is 54.5 Å². The van der Waals surface area contributed by atoms with Crippen molar-refractivity contribution in [3.05, 3.63) is 11.6 Å². The molecule has 0 aromatic rings. The third kappa shape index (κ3) is 3.44. The van der Waals surface area contributed by atoms with E-state index in [0.29, 0.717) is 29.5 Å². The quantitative estimate of drug-likeness (QED) is 0.458. The van der Waals surface area contributed by atoms with E-state index in [0.717, 1.165) is 25.7 Å². The molecule has 0 radical (unpaired) electrons. The summed E-state index contributed by atoms with van der Waals surface area (Å²) in [6, 6.07) is 0. The molecule has 4 heteroatoms. The van der Waals surface area contributed by atoms with Gasteiger partial charge in [-0.05, 0) is 84.9 Å². The van der Waals surface area contributed by atoms with E-state index >= 15 is 0 Å². The van der Waals surface area contributed by atoms with Crippen LogP contribution in [-0.4, -0.2) is 36.5 Å². The largest absolute Gasteiger partial charge is 0.390 e. The SMILES string of the molecule is CO[C@@H]1O[C@@H]([C@H](O)C(C)C)C[C@H]1[C@@H]1CC[C@]2(C)C3=CC[C@H]4C(C)(C)C(=O)CC[C@]4(C)[C@H]3CC[C@@]12C. The van der Waals surface area contributed by atoms with Gasteiger partial charge in [-0.25, -0.2) is 0 Å². The summed E-state index contributed by atoms with van der Waals surface area (Å²) in [5.74, 6) is 2.58. The van der Waals surface area contributed by atoms with Gasteiger partial charge < -0.3 is 14.6 Å². The number of allylic oxidation sites excluding steroid dienone is 2. The molecule has 0 aromatic carbocycles. The zero-order chi connectivity index (χ0) is 25.6. The van der Waals surface area contributed by atoms with Crippen molar-refractivity contribution in [3.8, 4) is 0 Å². The van der Waals surface area contributed by atoms with Gasteiger partial charge in [-0.2, -0.15) is 0 Å². The predicted molar refractivity (Wildman–Crippen MR) is 139 cm³/mol. The fourth-order valence-electron chi connectivity index (χ4n) is 10.2. The van der Waals surface area contributed by atoms with Crippen molar-refractivity contribution in [2.75, 3.05) is 7.11 Å². The van der Waals surface area contributed by atoms with Crippen LogP contribution in [0.3, 0.4) is 0 Å². The second kappa shape index (κ2) is 8.40. The molecule has 4 fully saturated rings. The Balaban J connectivity index is 1.46. The zero-order valence-corrected chi connectivity index (χ0v) is 23.5. The number of carbonyl (C=O) groups excluding carboxylic acids is 1. The molecule has 35 heavy (non-hydrogen) atoms. The Kier molecular flexibility index (Phi) is 6.22. The molecule has 0 amide bonds. The molecule has 1 N–H and O–H groups in total. The molecular weight excluding hydrogens is 436 g/mol. The van der Waals surface area contributed by atoms with Crippen LogP contribution >= 0.6 is 0 Å². The number of carbonyl (C=O) groups is 1. The summed E-state index contributed by atoms with van der Waals surface area (Å²) >= 11 is 0. The summed E-state index contributed by atoms with van der Waals surface area (Å²) in [5, 5.41) is 10.8. The van der Waals surface area contributed by atoms with Crippen LogP contribution in [0.1, 0.15) is 99.8 Å². The second-order valence-corrected chi connectivity index (χ2v) is 14.5. The fraction of sp³-hybridized carbons (Fsp3) is 0.903. The minimum atomic E-state index is -0.440. The topological polar surface area (TPSA) is 55.8 Å². The maximum atomic E-state index is 12.9. The highest BCUT2D eigenvalue weighted by atomic mass is 16.7. The molecular formula is C31H50O4. The number of aliphatic hydroxyl groups excluding tert-OH is 1. The van der Waals surface area contributed by atoms with Gasteiger partial charge in [-0.1, -0.05) is 60.1 Å². The predicted octanol–water partition coefficient (Wildman–Crippen LogP) is 6.56. The molecule has 0 aromatic heterocycles. The van der Waals surface area contributed by atoms with Crippen LogP contribution in [0.4, 0.5) is 0 Å². The van der Waals surface area contributed by atoms with Gasteiger partial charge in [0.05, 0.1) is 12.2 Å². The monoisotopic (exact) mass is 486 g/mol. The highest BCUT2D eigenvalue weighted by Crippen LogP contribution is 2.73. The van der Waals surface area contributed by atoms with E-state index in [4.69, 9.17) is 9.47 Å². The Bertz CT molecular complexity index is 890. The number of fused-ring (bicyclic) bond motifs is 5. The van der Waals surface area contributed by atoms with Gasteiger partial charge in [0.2, 0.25) is 0 Å². The Morgan fingerprint density at radius 1 is 1.09 bits per heavy atom. The number of rotatable bonds is 4. The Labute approximate surface area is 213 Å². The maximum Gasteiger partial charge on any atom is 0.160 e. The van der Waals surface area contributed by atoms with Crippen molar-refractivity contribution < 1.29 is 19.4 Å². The fourth-order valence-corrected chi connectivity index (χ4v) is 10.2. The first-order valence-electron chi connectivity index (χ1n) is 14.4. The highest BCUT2D eigenvalue weighted by molar-refractivity contribution is 5.85. The molecule has 1 saturated heterocycles. The standard InChI is InChI=1S/C31H50O4/c1-18(2)26(33)23-17-19(27(34-8)35-23)20-11-15-31(7)22-9-10-24-28(3,4)25(32)13-14-29(24,5)21(22)12-16-30(20,31)6/h9,18-21,23-24,26-27,33H,10-17H2,1-8H3/t19-,20-,21-,23+,24-,26+,27+,29+,30-,31+/m0/s1. The van der Waals surface area contributed by atoms with Crippen molar-refractivity contribution in [1.29, 1.82) is 0 Å². The average Bonchev–Trinajstić information content (AvgIpc) is 3.34. The van der Waals surface area contributed by atoms with Gasteiger partial charge in [0.1, 0.15) is 5.78 Å². The van der Waals surface area contributed by atoms with Crippen molar-refractivity contribution in [2.24, 2.45) is 51.2 Å². The molecule has 0 bridgehead atoms. The minimum absolute atomic E-state index is 0.132. The van der Waals surface area contributed by atoms with Crippen LogP contribution in [0.5, 0.6) is 0 Å². The summed E-state index contributed by atoms with van der Waals surface area (Å²) in [5.41, 5.74) is 2.12. The van der Waals surface area contributed by atoms with E-state index in [9.17, 15) is 9.90 Å². The molecule has 10 atom stereocenters. The van der Waals surface area contributed by atoms with Crippen molar-refractivity contribution >= 4 is 5.78 Å². The molecule has 1 aliphatic heterocycles. The van der Waals surface area contributed by atoms with Crippen molar-refractivity contribution in [2.45, 2.75) is 118 Å². The molecule has 3 saturated carbocycles. The Hall–Kier alpha value is -0.710. The van der Waals surface area contributed by atoms with E-state index in [1.807, 2.05) is 0 Å². The maximum absolute atomic E-state index is 12.9. The van der Waals surface area contributed by atoms with Crippen molar-refractivity contribution in [1.82, 2.24) is 0 Å². The van der Waals surface area contributed by atoms with Gasteiger partial charge in [-0.3, -0.25) is 4.79 Å². The van der Waals surface area contributed by atoms with Crippen molar-refractivity contribution in [3.63, 3.8) is 0 Å². The van der Waals surface area contributed by atoms with E-state index in [1.54, 1.807) is 12.7 Å². The summed E-state index contributed by atoms with van der Waals surface area (Å²) in [6.07, 6.45) is 10.4. The van der Waals surface area contributed by atoms with Crippen LogP contribution < -0.4 is 0 Å². The zero-order valence-electron chi connectivity index (χ0n) is 23.5. The Morgan fingerprint density at radius 3 is 2.46 bits per heavy atom. The minimum Gasteiger partial charge on any atom is -0.390 e. The lowest BCUT2D eigenvalue weighted by Crippen LogP contribution is -2.57. The first-order valence-corrected chi connectivity index (χ1v) is 14.4. The highest BCUT2D eigenvalue weighted by Gasteiger charge is 2.66. The molecule has 0 unspecified atom stereocenters. The number of aliphatic hydroxyl groups is 1. The first-order chi connectivity index (χ1) is 16.3. The number of ether oxygens (including phenoxy) is 2. The van der Waals surface area contributed by atoms with E-state index < -0.39 is 6.10 Å². The first kappa shape index (κ1) is 25.9. The third-order valence-corrected chi connectivity index (χ3v) is 12.6. The van der Waals surface area contributed by atoms with Crippen LogP contribution in [0.25, 0.3) is 0 Å².